The summed E-state index contributed by atoms with van der Waals surface area (Å²) in [4.78, 5) is 51.7. The number of nitrogens with zero attached hydrogens (tertiary/aromatic N) is 6. The van der Waals surface area contributed by atoms with Crippen LogP contribution >= 0.6 is 15.4 Å². The Morgan fingerprint density at radius 1 is 0.956 bits per heavy atom. The molecule has 0 radical (unpaired) electrons. The number of anilines is 2. The molecule has 3 aliphatic rings. The number of nitrogen functional groups attached to an aromatic ring is 2. The van der Waals surface area contributed by atoms with Gasteiger partial charge in [0.1, 0.15) is 17.7 Å². The Morgan fingerprint density at radius 2 is 1.69 bits per heavy atom. The first-order valence-electron chi connectivity index (χ1n) is 13.0. The van der Waals surface area contributed by atoms with E-state index in [0.29, 0.717) is 0 Å². The number of pyridine rings is 1. The summed E-state index contributed by atoms with van der Waals surface area (Å²) in [6.45, 7) is -0.932. The zero-order valence-corrected chi connectivity index (χ0v) is 24.2. The van der Waals surface area contributed by atoms with Crippen molar-refractivity contribution < 1.29 is 55.5 Å². The van der Waals surface area contributed by atoms with Crippen LogP contribution in [0.15, 0.2) is 29.7 Å². The third-order valence-corrected chi connectivity index (χ3v) is 9.26. The highest BCUT2D eigenvalue weighted by Gasteiger charge is 2.55. The van der Waals surface area contributed by atoms with E-state index in [4.69, 9.17) is 39.2 Å². The fraction of sp³-hybridized carbons (Fsp3) is 0.476. The van der Waals surface area contributed by atoms with E-state index in [-0.39, 0.29) is 34.0 Å². The van der Waals surface area contributed by atoms with Crippen LogP contribution in [0.1, 0.15) is 12.5 Å². The van der Waals surface area contributed by atoms with E-state index in [0.717, 1.165) is 15.5 Å². The number of H-pyrrole nitrogens is 1. The second-order valence-corrected chi connectivity index (χ2v) is 13.3. The van der Waals surface area contributed by atoms with Gasteiger partial charge in [0.2, 0.25) is 5.95 Å². The molecule has 4 aromatic heterocycles. The predicted molar refractivity (Wildman–Crippen MR) is 143 cm³/mol. The van der Waals surface area contributed by atoms with Gasteiger partial charge in [-0.25, -0.2) is 28.3 Å². The minimum absolute atomic E-state index is 0.114. The minimum Gasteiger partial charge on any atom is -0.397 e. The van der Waals surface area contributed by atoms with Crippen molar-refractivity contribution in [2.75, 3.05) is 24.4 Å². The van der Waals surface area contributed by atoms with Gasteiger partial charge >= 0.3 is 15.4 Å². The van der Waals surface area contributed by atoms with Crippen molar-refractivity contribution in [2.45, 2.75) is 49.4 Å². The van der Waals surface area contributed by atoms with Crippen molar-refractivity contribution in [1.82, 2.24) is 34.1 Å². The maximum Gasteiger partial charge on any atom is 0.472 e. The Bertz CT molecular complexity index is 1940. The summed E-state index contributed by atoms with van der Waals surface area (Å²) in [5.41, 5.74) is 10.9. The number of nitrogens with one attached hydrogen (secondary N) is 1. The highest BCUT2D eigenvalue weighted by Crippen LogP contribution is 2.54. The standard InChI is InChI=1S/C21H23F2N9O11P2/c22-9-13-8(40-18(9)31-4-27-11-7(24)1-2-26-15(11)31)3-39-45(36,37)43-14-10(23)20(38-6-44(34,35)42-13)41-19(14)32-5-28-12-16(32)29-21(25)30-17(12)33/h1-2,4-5,8-10,13-14,18-20H,3,6H2,(H2,24,26)(H,34,35)(H,36,37)(H3,25,29,30,33)/t8-,9?,10-,13+,14?,18-,19-,20+/m1/s1. The number of fused-ring (bicyclic) bond motifs is 5. The van der Waals surface area contributed by atoms with E-state index in [9.17, 15) is 23.7 Å². The highest BCUT2D eigenvalue weighted by atomic mass is 31.2. The molecule has 7 heterocycles. The molecule has 20 nitrogen and oxygen atoms in total. The van der Waals surface area contributed by atoms with Crippen LogP contribution in [0.25, 0.3) is 22.3 Å². The fourth-order valence-electron chi connectivity index (χ4n) is 5.25. The first kappa shape index (κ1) is 30.2. The van der Waals surface area contributed by atoms with Gasteiger partial charge in [0.15, 0.2) is 60.4 Å². The molecule has 7 rings (SSSR count). The molecule has 0 saturated carbocycles. The molecule has 3 fully saturated rings. The molecule has 3 aliphatic heterocycles. The Morgan fingerprint density at radius 3 is 2.47 bits per heavy atom. The minimum atomic E-state index is -5.24. The Kier molecular flexibility index (Phi) is 7.28. The van der Waals surface area contributed by atoms with Crippen molar-refractivity contribution in [3.63, 3.8) is 0 Å². The molecule has 2 bridgehead atoms. The van der Waals surface area contributed by atoms with Crippen molar-refractivity contribution in [3.8, 4) is 0 Å². The number of phosphoric acid groups is 1. The lowest BCUT2D eigenvalue weighted by Gasteiger charge is -2.25. The second-order valence-electron chi connectivity index (χ2n) is 10.2. The third kappa shape index (κ3) is 5.31. The van der Waals surface area contributed by atoms with Crippen LogP contribution in [0.5, 0.6) is 0 Å². The van der Waals surface area contributed by atoms with Gasteiger partial charge < -0.3 is 35.5 Å². The van der Waals surface area contributed by atoms with Crippen LogP contribution in [-0.4, -0.2) is 93.7 Å². The molecule has 0 amide bonds. The summed E-state index contributed by atoms with van der Waals surface area (Å²) in [6.07, 6.45) is -12.9. The van der Waals surface area contributed by atoms with Crippen LogP contribution in [0.2, 0.25) is 0 Å². The normalized spacial score (nSPS) is 37.7. The van der Waals surface area contributed by atoms with E-state index in [1.54, 1.807) is 0 Å². The van der Waals surface area contributed by atoms with Gasteiger partial charge in [0, 0.05) is 6.20 Å². The van der Waals surface area contributed by atoms with Gasteiger partial charge in [-0.3, -0.25) is 37.0 Å². The molecule has 45 heavy (non-hydrogen) atoms. The van der Waals surface area contributed by atoms with Crippen molar-refractivity contribution in [2.24, 2.45) is 0 Å². The molecule has 10 atom stereocenters. The van der Waals surface area contributed by atoms with Gasteiger partial charge in [0.05, 0.1) is 24.9 Å². The van der Waals surface area contributed by atoms with Crippen molar-refractivity contribution in [3.05, 3.63) is 35.3 Å². The third-order valence-electron chi connectivity index (χ3n) is 7.23. The quantitative estimate of drug-likeness (QED) is 0.177. The number of imidazole rings is 2. The number of halogens is 2. The van der Waals surface area contributed by atoms with Crippen LogP contribution in [0, 0.1) is 0 Å². The number of rotatable bonds is 2. The van der Waals surface area contributed by atoms with Gasteiger partial charge in [-0.1, -0.05) is 0 Å². The smallest absolute Gasteiger partial charge is 0.397 e. The average molecular weight is 677 g/mol. The van der Waals surface area contributed by atoms with Crippen LogP contribution in [-0.2, 0) is 36.9 Å². The van der Waals surface area contributed by atoms with Crippen molar-refractivity contribution >= 4 is 49.4 Å². The molecule has 0 aromatic carbocycles. The van der Waals surface area contributed by atoms with E-state index in [2.05, 4.69) is 24.9 Å². The number of aromatic nitrogens is 7. The van der Waals surface area contributed by atoms with Crippen LogP contribution in [0.3, 0.4) is 0 Å². The first-order valence-corrected chi connectivity index (χ1v) is 16.2. The molecule has 4 aromatic rings. The molecule has 0 aliphatic carbocycles. The average Bonchev–Trinajstić information content (AvgIpc) is 3.72. The second kappa shape index (κ2) is 10.8. The van der Waals surface area contributed by atoms with E-state index >= 15 is 8.78 Å². The molecule has 242 valence electrons. The van der Waals surface area contributed by atoms with E-state index in [1.807, 2.05) is 0 Å². The largest absolute Gasteiger partial charge is 0.472 e. The summed E-state index contributed by atoms with van der Waals surface area (Å²) in [7, 11) is -10.2. The molecule has 4 unspecified atom stereocenters. The van der Waals surface area contributed by atoms with Crippen molar-refractivity contribution in [1.29, 1.82) is 0 Å². The maximum absolute atomic E-state index is 15.9. The number of hydrogen-bond acceptors (Lipinski definition) is 15. The number of hydrogen-bond donors (Lipinski definition) is 5. The summed E-state index contributed by atoms with van der Waals surface area (Å²) in [6, 6.07) is 1.47. The van der Waals surface area contributed by atoms with Gasteiger partial charge in [-0.2, -0.15) is 4.98 Å². The van der Waals surface area contributed by atoms with Crippen LogP contribution in [0.4, 0.5) is 20.4 Å². The summed E-state index contributed by atoms with van der Waals surface area (Å²) in [5.74, 6) is -0.329. The highest BCUT2D eigenvalue weighted by molar-refractivity contribution is 7.52. The lowest BCUT2D eigenvalue weighted by molar-refractivity contribution is -0.159. The Labute approximate surface area is 248 Å². The topological polar surface area (TPSA) is 276 Å². The molecule has 0 spiro atoms. The Balaban J connectivity index is 1.21. The molecular weight excluding hydrogens is 654 g/mol. The number of phosphoric ester groups is 1. The summed E-state index contributed by atoms with van der Waals surface area (Å²) < 4.78 is 91.7. The lowest BCUT2D eigenvalue weighted by Crippen LogP contribution is -2.34. The number of nitrogens with two attached hydrogens (primary N) is 2. The molecule has 24 heteroatoms. The van der Waals surface area contributed by atoms with Gasteiger partial charge in [-0.15, -0.1) is 0 Å². The van der Waals surface area contributed by atoms with E-state index in [1.165, 1.54) is 18.6 Å². The predicted octanol–water partition coefficient (Wildman–Crippen LogP) is 0.218. The zero-order valence-electron chi connectivity index (χ0n) is 22.4. The number of ether oxygens (including phenoxy) is 3. The SMILES string of the molecule is Nc1nc2c(ncn2[C@@H]2O[C@@H]3OCP(=O)(O)O[C@@H]4C(F)[C@H](n5cnc6c(N)ccnc65)O[C@@H]4COP(=O)(O)OC2[C@H]3F)c(=O)[nH]1. The molecule has 7 N–H and O–H groups in total. The fourth-order valence-corrected chi connectivity index (χ4v) is 7.21. The summed E-state index contributed by atoms with van der Waals surface area (Å²) >= 11 is 0. The van der Waals surface area contributed by atoms with Gasteiger partial charge in [-0.05, 0) is 6.07 Å². The monoisotopic (exact) mass is 677 g/mol. The first-order chi connectivity index (χ1) is 21.3. The maximum atomic E-state index is 15.9. The molecular formula is C21H23F2N9O11P2. The Hall–Kier alpha value is -3.43. The van der Waals surface area contributed by atoms with Crippen LogP contribution < -0.4 is 17.0 Å². The summed E-state index contributed by atoms with van der Waals surface area (Å²) in [5, 5.41) is 0. The van der Waals surface area contributed by atoms with Gasteiger partial charge in [0.25, 0.3) is 5.56 Å². The molecule has 3 saturated heterocycles. The lowest BCUT2D eigenvalue weighted by atomic mass is 10.1. The van der Waals surface area contributed by atoms with E-state index < -0.39 is 83.3 Å². The number of aromatic amines is 1. The number of alkyl halides is 2. The zero-order chi connectivity index (χ0) is 31.8.